The van der Waals surface area contributed by atoms with Gasteiger partial charge in [-0.1, -0.05) is 13.8 Å². The van der Waals surface area contributed by atoms with E-state index in [1.807, 2.05) is 0 Å². The van der Waals surface area contributed by atoms with Crippen molar-refractivity contribution in [2.24, 2.45) is 5.92 Å². The minimum Gasteiger partial charge on any atom is -0.199 e. The topological polar surface area (TPSA) is 0 Å². The van der Waals surface area contributed by atoms with Crippen LogP contribution in [0.5, 0.6) is 0 Å². The molecule has 0 saturated heterocycles. The van der Waals surface area contributed by atoms with Crippen molar-refractivity contribution in [2.45, 2.75) is 30.1 Å². The summed E-state index contributed by atoms with van der Waals surface area (Å²) in [7, 11) is 0. The lowest BCUT2D eigenvalue weighted by atomic mass is 10.0. The molecule has 0 fully saturated rings. The highest BCUT2D eigenvalue weighted by Crippen LogP contribution is 2.45. The normalized spacial score (nSPS) is 16.6. The molecule has 0 aliphatic rings. The van der Waals surface area contributed by atoms with E-state index in [-0.39, 0.29) is 6.42 Å². The van der Waals surface area contributed by atoms with Crippen LogP contribution in [0.2, 0.25) is 0 Å². The van der Waals surface area contributed by atoms with E-state index in [0.29, 0.717) is 22.6 Å². The van der Waals surface area contributed by atoms with Crippen LogP contribution in [0.25, 0.3) is 0 Å². The number of hydrogen-bond acceptors (Lipinski definition) is 0. The first-order valence-corrected chi connectivity index (χ1v) is 4.26. The summed E-state index contributed by atoms with van der Waals surface area (Å²) in [5.74, 6) is -5.18. The fraction of sp³-hybridized carbons (Fsp3) is 1.00. The molecule has 0 aromatic heterocycles. The van der Waals surface area contributed by atoms with E-state index in [1.165, 1.54) is 6.92 Å². The van der Waals surface area contributed by atoms with Gasteiger partial charge in [0.15, 0.2) is 0 Å². The molecule has 1 atom stereocenters. The van der Waals surface area contributed by atoms with Crippen molar-refractivity contribution in [3.8, 4) is 0 Å². The molecule has 0 aromatic rings. The quantitative estimate of drug-likeness (QED) is 0.421. The zero-order valence-electron chi connectivity index (χ0n) is 6.17. The van der Waals surface area contributed by atoms with Gasteiger partial charge in [-0.3, -0.25) is 0 Å². The highest BCUT2D eigenvalue weighted by Gasteiger charge is 2.56. The predicted octanol–water partition coefficient (Wildman–Crippen LogP) is 3.70. The highest BCUT2D eigenvalue weighted by atomic mass is 127. The van der Waals surface area contributed by atoms with Gasteiger partial charge in [0.2, 0.25) is 0 Å². The molecular weight excluding hydrogens is 275 g/mol. The Balaban J connectivity index is 4.45. The summed E-state index contributed by atoms with van der Waals surface area (Å²) < 4.78 is 45.5. The van der Waals surface area contributed by atoms with Crippen LogP contribution in [-0.4, -0.2) is 9.85 Å². The van der Waals surface area contributed by atoms with Crippen LogP contribution >= 0.6 is 22.6 Å². The monoisotopic (exact) mass is 284 g/mol. The van der Waals surface area contributed by atoms with Gasteiger partial charge >= 0.3 is 9.85 Å². The lowest BCUT2D eigenvalue weighted by Gasteiger charge is -2.26. The maximum Gasteiger partial charge on any atom is 0.358 e. The molecule has 0 N–H and O–H groups in total. The Morgan fingerprint density at radius 3 is 1.73 bits per heavy atom. The van der Waals surface area contributed by atoms with E-state index >= 15 is 0 Å². The van der Waals surface area contributed by atoms with Gasteiger partial charge in [-0.2, -0.15) is 17.6 Å². The van der Waals surface area contributed by atoms with Crippen molar-refractivity contribution in [1.82, 2.24) is 0 Å². The van der Waals surface area contributed by atoms with E-state index < -0.39 is 15.8 Å². The smallest absolute Gasteiger partial charge is 0.199 e. The summed E-state index contributed by atoms with van der Waals surface area (Å²) in [4.78, 5) is 0. The van der Waals surface area contributed by atoms with Crippen LogP contribution in [0.15, 0.2) is 0 Å². The van der Waals surface area contributed by atoms with Crippen molar-refractivity contribution in [3.05, 3.63) is 0 Å². The molecule has 0 nitrogen and oxygen atoms in total. The summed E-state index contributed by atoms with van der Waals surface area (Å²) in [5, 5.41) is 0. The second kappa shape index (κ2) is 3.45. The Morgan fingerprint density at radius 2 is 1.64 bits per heavy atom. The molecule has 0 aliphatic heterocycles. The van der Waals surface area contributed by atoms with E-state index in [1.54, 1.807) is 0 Å². The van der Waals surface area contributed by atoms with Crippen LogP contribution in [0.1, 0.15) is 20.3 Å². The second-order valence-corrected chi connectivity index (χ2v) is 3.78. The van der Waals surface area contributed by atoms with Crippen LogP contribution in [-0.2, 0) is 0 Å². The zero-order valence-corrected chi connectivity index (χ0v) is 8.33. The van der Waals surface area contributed by atoms with Crippen LogP contribution in [0.3, 0.4) is 0 Å². The molecule has 0 amide bonds. The van der Waals surface area contributed by atoms with Gasteiger partial charge in [0.25, 0.3) is 0 Å². The van der Waals surface area contributed by atoms with Crippen molar-refractivity contribution >= 4 is 22.6 Å². The molecule has 68 valence electrons. The van der Waals surface area contributed by atoms with E-state index in [4.69, 9.17) is 0 Å². The molecule has 0 saturated carbocycles. The van der Waals surface area contributed by atoms with Crippen LogP contribution in [0.4, 0.5) is 17.6 Å². The maximum absolute atomic E-state index is 12.6. The summed E-state index contributed by atoms with van der Waals surface area (Å²) >= 11 is 0.475. The Hall–Kier alpha value is 0.450. The number of rotatable bonds is 3. The van der Waals surface area contributed by atoms with Crippen molar-refractivity contribution in [2.75, 3.05) is 0 Å². The Morgan fingerprint density at radius 1 is 1.27 bits per heavy atom. The second-order valence-electron chi connectivity index (χ2n) is 2.43. The molecular formula is C6H9F4I. The molecule has 0 aromatic carbocycles. The Bertz CT molecular complexity index is 129. The third kappa shape index (κ3) is 2.45. The fourth-order valence-corrected chi connectivity index (χ4v) is 1.07. The van der Waals surface area contributed by atoms with Gasteiger partial charge in [0.05, 0.1) is 0 Å². The minimum absolute atomic E-state index is 0.0472. The van der Waals surface area contributed by atoms with E-state index in [2.05, 4.69) is 0 Å². The largest absolute Gasteiger partial charge is 0.358 e. The third-order valence-electron chi connectivity index (χ3n) is 1.61. The number of hydrogen-bond donors (Lipinski definition) is 0. The maximum atomic E-state index is 12.6. The average molecular weight is 284 g/mol. The number of halogens is 5. The van der Waals surface area contributed by atoms with Gasteiger partial charge in [-0.15, -0.1) is 0 Å². The van der Waals surface area contributed by atoms with Gasteiger partial charge in [-0.05, 0) is 6.42 Å². The summed E-state index contributed by atoms with van der Waals surface area (Å²) in [5.41, 5.74) is 0. The fourth-order valence-electron chi connectivity index (χ4n) is 0.536. The molecule has 5 heteroatoms. The van der Waals surface area contributed by atoms with Crippen LogP contribution in [0, 0.1) is 5.92 Å². The average Bonchev–Trinajstić information content (AvgIpc) is 1.83. The lowest BCUT2D eigenvalue weighted by molar-refractivity contribution is -0.172. The van der Waals surface area contributed by atoms with Crippen molar-refractivity contribution < 1.29 is 17.6 Å². The molecule has 0 aliphatic carbocycles. The molecule has 0 bridgehead atoms. The molecule has 0 heterocycles. The molecule has 0 rings (SSSR count). The Labute approximate surface area is 76.5 Å². The van der Waals surface area contributed by atoms with E-state index in [0.717, 1.165) is 6.92 Å². The molecule has 0 radical (unpaired) electrons. The van der Waals surface area contributed by atoms with Gasteiger partial charge in [0.1, 0.15) is 0 Å². The van der Waals surface area contributed by atoms with Gasteiger partial charge in [-0.25, -0.2) is 0 Å². The minimum atomic E-state index is -3.94. The zero-order chi connectivity index (χ0) is 9.28. The standard InChI is InChI=1S/C6H9F4I/c1-3-4(2)5(7,8)6(9,10)11/h4H,3H2,1-2H3. The van der Waals surface area contributed by atoms with Crippen molar-refractivity contribution in [1.29, 1.82) is 0 Å². The SMILES string of the molecule is CCC(C)C(F)(F)C(F)(F)I. The molecule has 11 heavy (non-hydrogen) atoms. The lowest BCUT2D eigenvalue weighted by Crippen LogP contribution is -2.40. The van der Waals surface area contributed by atoms with E-state index in [9.17, 15) is 17.6 Å². The first-order valence-electron chi connectivity index (χ1n) is 3.18. The summed E-state index contributed by atoms with van der Waals surface area (Å²) in [6, 6.07) is 0. The van der Waals surface area contributed by atoms with Crippen molar-refractivity contribution in [3.63, 3.8) is 0 Å². The first-order chi connectivity index (χ1) is 4.73. The van der Waals surface area contributed by atoms with Crippen LogP contribution < -0.4 is 0 Å². The van der Waals surface area contributed by atoms with Gasteiger partial charge < -0.3 is 0 Å². The molecule has 1 unspecified atom stereocenters. The number of alkyl halides is 5. The Kier molecular flexibility index (Phi) is 3.59. The first kappa shape index (κ1) is 11.4. The van der Waals surface area contributed by atoms with Gasteiger partial charge in [0, 0.05) is 28.5 Å². The third-order valence-corrected chi connectivity index (χ3v) is 2.33. The summed E-state index contributed by atoms with van der Waals surface area (Å²) in [6.07, 6.45) is 0.0472. The highest BCUT2D eigenvalue weighted by molar-refractivity contribution is 14.1. The molecule has 0 spiro atoms. The summed E-state index contributed by atoms with van der Waals surface area (Å²) in [6.45, 7) is 2.58. The predicted molar refractivity (Wildman–Crippen MR) is 43.4 cm³/mol.